The van der Waals surface area contributed by atoms with E-state index in [0.717, 1.165) is 30.0 Å². The molecule has 0 saturated heterocycles. The summed E-state index contributed by atoms with van der Waals surface area (Å²) in [5, 5.41) is 10.3. The van der Waals surface area contributed by atoms with Gasteiger partial charge < -0.3 is 5.11 Å². The molecular weight excluding hydrogens is 420 g/mol. The van der Waals surface area contributed by atoms with Crippen LogP contribution >= 0.6 is 0 Å². The summed E-state index contributed by atoms with van der Waals surface area (Å²) in [7, 11) is -8.06. The number of aromatic hydroxyl groups is 1. The van der Waals surface area contributed by atoms with Crippen LogP contribution in [0.25, 0.3) is 0 Å². The lowest BCUT2D eigenvalue weighted by atomic mass is 10.2. The van der Waals surface area contributed by atoms with Gasteiger partial charge in [-0.05, 0) is 72.9 Å². The standard InChI is InChI=1S/C23H24O5S2/c1-4-17-6-10-19(11-7-17)29(25,26)22-15-23(21(24)14-16(22)3)30(27,28)20-12-8-18(5-2)9-13-20/h6-15,24H,4-5H2,1-3H3. The molecule has 0 atom stereocenters. The maximum atomic E-state index is 13.2. The number of benzene rings is 3. The van der Waals surface area contributed by atoms with Crippen molar-refractivity contribution < 1.29 is 21.9 Å². The van der Waals surface area contributed by atoms with Crippen LogP contribution in [0.2, 0.25) is 0 Å². The first-order valence-corrected chi connectivity index (χ1v) is 12.6. The number of hydrogen-bond donors (Lipinski definition) is 1. The Balaban J connectivity index is 2.15. The number of phenolic OH excluding ortho intramolecular Hbond substituents is 1. The molecule has 158 valence electrons. The van der Waals surface area contributed by atoms with Gasteiger partial charge in [0.15, 0.2) is 0 Å². The van der Waals surface area contributed by atoms with Crippen LogP contribution in [0.5, 0.6) is 5.75 Å². The summed E-state index contributed by atoms with van der Waals surface area (Å²) in [4.78, 5) is -0.506. The normalized spacial score (nSPS) is 12.1. The molecule has 1 N–H and O–H groups in total. The molecule has 0 aliphatic rings. The molecule has 0 aromatic heterocycles. The molecule has 30 heavy (non-hydrogen) atoms. The van der Waals surface area contributed by atoms with Crippen LogP contribution in [0.1, 0.15) is 30.5 Å². The van der Waals surface area contributed by atoms with Crippen molar-refractivity contribution >= 4 is 19.7 Å². The Labute approximate surface area is 177 Å². The average Bonchev–Trinajstić information content (AvgIpc) is 2.73. The molecule has 0 bridgehead atoms. The lowest BCUT2D eigenvalue weighted by Crippen LogP contribution is -2.08. The van der Waals surface area contributed by atoms with Gasteiger partial charge in [-0.15, -0.1) is 0 Å². The van der Waals surface area contributed by atoms with E-state index in [9.17, 15) is 21.9 Å². The molecule has 0 heterocycles. The van der Waals surface area contributed by atoms with E-state index in [1.807, 2.05) is 13.8 Å². The van der Waals surface area contributed by atoms with Gasteiger partial charge in [0, 0.05) is 0 Å². The maximum Gasteiger partial charge on any atom is 0.210 e. The van der Waals surface area contributed by atoms with E-state index >= 15 is 0 Å². The Hall–Kier alpha value is -2.64. The van der Waals surface area contributed by atoms with Crippen molar-refractivity contribution in [1.82, 2.24) is 0 Å². The highest BCUT2D eigenvalue weighted by Gasteiger charge is 2.27. The molecule has 3 aromatic carbocycles. The fourth-order valence-corrected chi connectivity index (χ4v) is 6.16. The zero-order valence-corrected chi connectivity index (χ0v) is 18.7. The van der Waals surface area contributed by atoms with Crippen LogP contribution in [-0.4, -0.2) is 21.9 Å². The minimum Gasteiger partial charge on any atom is -0.507 e. The lowest BCUT2D eigenvalue weighted by molar-refractivity contribution is 0.457. The molecule has 3 aromatic rings. The Bertz CT molecular complexity index is 1170. The predicted octanol–water partition coefficient (Wildman–Crippen LogP) is 4.49. The van der Waals surface area contributed by atoms with Gasteiger partial charge in [-0.1, -0.05) is 38.1 Å². The van der Waals surface area contributed by atoms with Gasteiger partial charge in [0.1, 0.15) is 10.6 Å². The lowest BCUT2D eigenvalue weighted by Gasteiger charge is -2.13. The molecule has 0 spiro atoms. The predicted molar refractivity (Wildman–Crippen MR) is 115 cm³/mol. The van der Waals surface area contributed by atoms with Crippen LogP contribution in [0.3, 0.4) is 0 Å². The topological polar surface area (TPSA) is 88.5 Å². The molecule has 3 rings (SSSR count). The Kier molecular flexibility index (Phi) is 6.06. The summed E-state index contributed by atoms with van der Waals surface area (Å²) in [6.07, 6.45) is 1.53. The van der Waals surface area contributed by atoms with E-state index in [2.05, 4.69) is 0 Å². The molecule has 0 saturated carbocycles. The van der Waals surface area contributed by atoms with Crippen LogP contribution in [0.4, 0.5) is 0 Å². The van der Waals surface area contributed by atoms with Crippen LogP contribution in [0, 0.1) is 6.92 Å². The summed E-state index contributed by atoms with van der Waals surface area (Å²) in [5.41, 5.74) is 2.24. The van der Waals surface area contributed by atoms with Gasteiger partial charge in [-0.25, -0.2) is 16.8 Å². The minimum absolute atomic E-state index is 0.00509. The fraction of sp³-hybridized carbons (Fsp3) is 0.217. The largest absolute Gasteiger partial charge is 0.507 e. The van der Waals surface area contributed by atoms with E-state index in [0.29, 0.717) is 0 Å². The fourth-order valence-electron chi connectivity index (χ4n) is 3.22. The summed E-state index contributed by atoms with van der Waals surface area (Å²) in [6.45, 7) is 5.46. The molecule has 5 nitrogen and oxygen atoms in total. The van der Waals surface area contributed by atoms with E-state index < -0.39 is 30.3 Å². The second-order valence-corrected chi connectivity index (χ2v) is 10.9. The van der Waals surface area contributed by atoms with Gasteiger partial charge in [-0.3, -0.25) is 0 Å². The smallest absolute Gasteiger partial charge is 0.210 e. The first-order valence-electron chi connectivity index (χ1n) is 9.63. The highest BCUT2D eigenvalue weighted by molar-refractivity contribution is 7.92. The zero-order valence-electron chi connectivity index (χ0n) is 17.1. The third-order valence-electron chi connectivity index (χ3n) is 5.12. The summed E-state index contributed by atoms with van der Waals surface area (Å²) in [6, 6.07) is 15.0. The monoisotopic (exact) mass is 444 g/mol. The van der Waals surface area contributed by atoms with Crippen molar-refractivity contribution in [3.63, 3.8) is 0 Å². The van der Waals surface area contributed by atoms with Crippen molar-refractivity contribution in [2.24, 2.45) is 0 Å². The third kappa shape index (κ3) is 4.00. The molecule has 0 unspecified atom stereocenters. The molecule has 0 amide bonds. The van der Waals surface area contributed by atoms with E-state index in [1.54, 1.807) is 24.3 Å². The molecule has 0 radical (unpaired) electrons. The highest BCUT2D eigenvalue weighted by Crippen LogP contribution is 2.35. The van der Waals surface area contributed by atoms with E-state index in [4.69, 9.17) is 0 Å². The molecule has 7 heteroatoms. The van der Waals surface area contributed by atoms with Crippen LogP contribution < -0.4 is 0 Å². The number of aryl methyl sites for hydroxylation is 3. The van der Waals surface area contributed by atoms with Gasteiger partial charge in [-0.2, -0.15) is 0 Å². The van der Waals surface area contributed by atoms with E-state index in [-0.39, 0.29) is 20.2 Å². The van der Waals surface area contributed by atoms with Gasteiger partial charge in [0.25, 0.3) is 0 Å². The Morgan fingerprint density at radius 1 is 0.667 bits per heavy atom. The maximum absolute atomic E-state index is 13.2. The Morgan fingerprint density at radius 3 is 1.47 bits per heavy atom. The number of hydrogen-bond acceptors (Lipinski definition) is 5. The summed E-state index contributed by atoms with van der Waals surface area (Å²) >= 11 is 0. The van der Waals surface area contributed by atoms with Crippen molar-refractivity contribution in [3.05, 3.63) is 77.4 Å². The summed E-state index contributed by atoms with van der Waals surface area (Å²) in [5.74, 6) is -0.479. The molecule has 0 fully saturated rings. The quantitative estimate of drug-likeness (QED) is 0.605. The number of rotatable bonds is 6. The summed E-state index contributed by atoms with van der Waals surface area (Å²) < 4.78 is 52.6. The van der Waals surface area contributed by atoms with Gasteiger partial charge in [0.2, 0.25) is 19.7 Å². The first kappa shape index (κ1) is 22.1. The van der Waals surface area contributed by atoms with Gasteiger partial charge in [0.05, 0.1) is 14.7 Å². The average molecular weight is 445 g/mol. The second-order valence-electron chi connectivity index (χ2n) is 7.09. The van der Waals surface area contributed by atoms with Crippen LogP contribution in [-0.2, 0) is 32.5 Å². The minimum atomic E-state index is -4.10. The Morgan fingerprint density at radius 2 is 1.07 bits per heavy atom. The van der Waals surface area contributed by atoms with Crippen molar-refractivity contribution in [2.75, 3.05) is 0 Å². The van der Waals surface area contributed by atoms with Crippen molar-refractivity contribution in [2.45, 2.75) is 53.2 Å². The highest BCUT2D eigenvalue weighted by atomic mass is 32.2. The van der Waals surface area contributed by atoms with E-state index in [1.165, 1.54) is 37.3 Å². The zero-order chi connectivity index (χ0) is 22.1. The molecule has 0 aliphatic heterocycles. The third-order valence-corrected chi connectivity index (χ3v) is 8.83. The molecule has 0 aliphatic carbocycles. The SMILES string of the molecule is CCc1ccc(S(=O)(=O)c2cc(S(=O)(=O)c3ccc(CC)cc3)c(O)cc2C)cc1. The van der Waals surface area contributed by atoms with Gasteiger partial charge >= 0.3 is 0 Å². The first-order chi connectivity index (χ1) is 14.1. The molecular formula is C23H24O5S2. The second kappa shape index (κ2) is 8.24. The number of phenols is 1. The van der Waals surface area contributed by atoms with Crippen LogP contribution in [0.15, 0.2) is 80.2 Å². The number of sulfone groups is 2. The van der Waals surface area contributed by atoms with Crippen molar-refractivity contribution in [3.8, 4) is 5.75 Å². The van der Waals surface area contributed by atoms with Crippen molar-refractivity contribution in [1.29, 1.82) is 0 Å².